The fourth-order valence-corrected chi connectivity index (χ4v) is 4.21. The predicted molar refractivity (Wildman–Crippen MR) is 87.4 cm³/mol. The molecule has 0 atom stereocenters. The number of benzene rings is 1. The van der Waals surface area contributed by atoms with E-state index in [0.29, 0.717) is 17.0 Å². The van der Waals surface area contributed by atoms with E-state index in [0.717, 1.165) is 36.8 Å². The smallest absolute Gasteiger partial charge is 0.152 e. The Bertz CT molecular complexity index is 722. The lowest BCUT2D eigenvalue weighted by atomic mass is 9.60. The first kappa shape index (κ1) is 13.8. The van der Waals surface area contributed by atoms with E-state index in [2.05, 4.69) is 28.3 Å². The fourth-order valence-electron chi connectivity index (χ4n) is 4.21. The summed E-state index contributed by atoms with van der Waals surface area (Å²) in [5.74, 6) is 0. The maximum Gasteiger partial charge on any atom is 0.152 e. The second-order valence-electron chi connectivity index (χ2n) is 6.88. The van der Waals surface area contributed by atoms with Crippen LogP contribution in [0.3, 0.4) is 0 Å². The summed E-state index contributed by atoms with van der Waals surface area (Å²) in [7, 11) is 1.91. The Hall–Kier alpha value is -1.88. The highest BCUT2D eigenvalue weighted by atomic mass is 16.1. The van der Waals surface area contributed by atoms with Crippen molar-refractivity contribution in [2.75, 3.05) is 24.5 Å². The van der Waals surface area contributed by atoms with Gasteiger partial charge in [-0.05, 0) is 31.5 Å². The molecule has 1 aliphatic carbocycles. The minimum absolute atomic E-state index is 0.519. The molecule has 0 radical (unpaired) electrons. The number of hydrogen-bond donors (Lipinski definition) is 1. The van der Waals surface area contributed by atoms with Gasteiger partial charge in [-0.2, -0.15) is 5.10 Å². The van der Waals surface area contributed by atoms with Gasteiger partial charge in [-0.25, -0.2) is 0 Å². The van der Waals surface area contributed by atoms with Crippen LogP contribution in [-0.2, 0) is 7.05 Å². The summed E-state index contributed by atoms with van der Waals surface area (Å²) in [6, 6.07) is 4.68. The first-order valence-corrected chi connectivity index (χ1v) is 8.04. The average Bonchev–Trinajstić information content (AvgIpc) is 2.81. The lowest BCUT2D eigenvalue weighted by Crippen LogP contribution is -2.66. The molecule has 2 aliphatic rings. The first-order chi connectivity index (χ1) is 10.6. The van der Waals surface area contributed by atoms with E-state index >= 15 is 0 Å². The zero-order valence-electron chi connectivity index (χ0n) is 13.2. The van der Waals surface area contributed by atoms with Crippen LogP contribution in [0.1, 0.15) is 30.1 Å². The molecule has 1 aromatic carbocycles. The number of aryl methyl sites for hydroxylation is 1. The van der Waals surface area contributed by atoms with E-state index in [4.69, 9.17) is 0 Å². The lowest BCUT2D eigenvalue weighted by Gasteiger charge is -2.60. The lowest BCUT2D eigenvalue weighted by molar-refractivity contribution is 0.0496. The summed E-state index contributed by atoms with van der Waals surface area (Å²) in [5, 5.41) is 9.07. The third kappa shape index (κ3) is 1.96. The van der Waals surface area contributed by atoms with Crippen LogP contribution >= 0.6 is 0 Å². The van der Waals surface area contributed by atoms with Gasteiger partial charge in [-0.1, -0.05) is 6.92 Å². The molecule has 1 spiro atoms. The second-order valence-corrected chi connectivity index (χ2v) is 6.88. The van der Waals surface area contributed by atoms with Gasteiger partial charge in [0.2, 0.25) is 0 Å². The van der Waals surface area contributed by atoms with Crippen molar-refractivity contribution in [1.29, 1.82) is 0 Å². The highest BCUT2D eigenvalue weighted by Gasteiger charge is 2.52. The minimum atomic E-state index is 0.519. The average molecular weight is 298 g/mol. The van der Waals surface area contributed by atoms with Gasteiger partial charge in [0, 0.05) is 54.4 Å². The SMILES string of the molecule is CCNC1CC2(C1)CN(c1ccc(C=O)c3nn(C)cc13)C2. The number of aldehydes is 1. The minimum Gasteiger partial charge on any atom is -0.370 e. The number of nitrogens with zero attached hydrogens (tertiary/aromatic N) is 3. The molecule has 0 bridgehead atoms. The van der Waals surface area contributed by atoms with Gasteiger partial charge in [0.1, 0.15) is 5.52 Å². The zero-order valence-corrected chi connectivity index (χ0v) is 13.2. The second kappa shape index (κ2) is 4.81. The van der Waals surface area contributed by atoms with Crippen LogP contribution in [-0.4, -0.2) is 41.7 Å². The van der Waals surface area contributed by atoms with Crippen LogP contribution < -0.4 is 10.2 Å². The van der Waals surface area contributed by atoms with Crippen LogP contribution in [0.25, 0.3) is 10.9 Å². The van der Waals surface area contributed by atoms with E-state index in [-0.39, 0.29) is 0 Å². The van der Waals surface area contributed by atoms with E-state index < -0.39 is 0 Å². The molecule has 5 nitrogen and oxygen atoms in total. The molecule has 1 saturated heterocycles. The van der Waals surface area contributed by atoms with Crippen molar-refractivity contribution in [1.82, 2.24) is 15.1 Å². The Morgan fingerprint density at radius 1 is 1.41 bits per heavy atom. The molecular weight excluding hydrogens is 276 g/mol. The Balaban J connectivity index is 1.56. The molecule has 5 heteroatoms. The number of anilines is 1. The highest BCUT2D eigenvalue weighted by molar-refractivity contribution is 6.02. The predicted octanol–water partition coefficient (Wildman–Crippen LogP) is 1.96. The largest absolute Gasteiger partial charge is 0.370 e. The zero-order chi connectivity index (χ0) is 15.3. The standard InChI is InChI=1S/C17H22N4O/c1-3-18-13-6-17(7-13)10-21(11-17)15-5-4-12(9-22)16-14(15)8-20(2)19-16/h4-5,8-9,13,18H,3,6-7,10-11H2,1-2H3. The van der Waals surface area contributed by atoms with Crippen LogP contribution in [0, 0.1) is 5.41 Å². The normalized spacial score (nSPS) is 20.2. The molecule has 4 rings (SSSR count). The number of fused-ring (bicyclic) bond motifs is 1. The summed E-state index contributed by atoms with van der Waals surface area (Å²) in [5.41, 5.74) is 3.22. The van der Waals surface area contributed by atoms with Crippen molar-refractivity contribution in [3.63, 3.8) is 0 Å². The van der Waals surface area contributed by atoms with Crippen molar-refractivity contribution in [2.45, 2.75) is 25.8 Å². The molecule has 1 N–H and O–H groups in total. The number of hydrogen-bond acceptors (Lipinski definition) is 4. The molecule has 2 heterocycles. The fraction of sp³-hybridized carbons (Fsp3) is 0.529. The number of rotatable bonds is 4. The number of carbonyl (C=O) groups excluding carboxylic acids is 1. The summed E-state index contributed by atoms with van der Waals surface area (Å²) in [6.45, 7) is 5.48. The van der Waals surface area contributed by atoms with E-state index in [1.54, 1.807) is 4.68 Å². The van der Waals surface area contributed by atoms with Gasteiger partial charge in [-0.15, -0.1) is 0 Å². The molecule has 0 unspecified atom stereocenters. The summed E-state index contributed by atoms with van der Waals surface area (Å²) < 4.78 is 1.79. The van der Waals surface area contributed by atoms with E-state index in [1.165, 1.54) is 18.5 Å². The van der Waals surface area contributed by atoms with Crippen LogP contribution in [0.4, 0.5) is 5.69 Å². The summed E-state index contributed by atoms with van der Waals surface area (Å²) in [6.07, 6.45) is 5.49. The monoisotopic (exact) mass is 298 g/mol. The van der Waals surface area contributed by atoms with Gasteiger partial charge >= 0.3 is 0 Å². The number of carbonyl (C=O) groups is 1. The van der Waals surface area contributed by atoms with Crippen LogP contribution in [0.15, 0.2) is 18.3 Å². The number of aromatic nitrogens is 2. The third-order valence-corrected chi connectivity index (χ3v) is 5.17. The van der Waals surface area contributed by atoms with Crippen molar-refractivity contribution in [2.24, 2.45) is 12.5 Å². The molecule has 1 saturated carbocycles. The third-order valence-electron chi connectivity index (χ3n) is 5.17. The van der Waals surface area contributed by atoms with E-state index in [9.17, 15) is 4.79 Å². The molecule has 0 amide bonds. The van der Waals surface area contributed by atoms with Crippen molar-refractivity contribution in [3.05, 3.63) is 23.9 Å². The molecule has 1 aromatic heterocycles. The molecular formula is C17H22N4O. The Labute approximate surface area is 130 Å². The summed E-state index contributed by atoms with van der Waals surface area (Å²) >= 11 is 0. The highest BCUT2D eigenvalue weighted by Crippen LogP contribution is 2.50. The molecule has 2 aromatic rings. The maximum absolute atomic E-state index is 11.2. The maximum atomic E-state index is 11.2. The van der Waals surface area contributed by atoms with Gasteiger partial charge in [0.15, 0.2) is 6.29 Å². The van der Waals surface area contributed by atoms with Crippen LogP contribution in [0.2, 0.25) is 0 Å². The molecule has 2 fully saturated rings. The van der Waals surface area contributed by atoms with Gasteiger partial charge in [-0.3, -0.25) is 9.48 Å². The van der Waals surface area contributed by atoms with Crippen molar-refractivity contribution in [3.8, 4) is 0 Å². The Morgan fingerprint density at radius 3 is 2.86 bits per heavy atom. The quantitative estimate of drug-likeness (QED) is 0.877. The molecule has 22 heavy (non-hydrogen) atoms. The van der Waals surface area contributed by atoms with Crippen molar-refractivity contribution < 1.29 is 4.79 Å². The topological polar surface area (TPSA) is 50.2 Å². The first-order valence-electron chi connectivity index (χ1n) is 8.04. The molecule has 116 valence electrons. The van der Waals surface area contributed by atoms with Gasteiger partial charge in [0.25, 0.3) is 0 Å². The van der Waals surface area contributed by atoms with Crippen LogP contribution in [0.5, 0.6) is 0 Å². The summed E-state index contributed by atoms with van der Waals surface area (Å²) in [4.78, 5) is 13.6. The molecule has 1 aliphatic heterocycles. The Morgan fingerprint density at radius 2 is 2.18 bits per heavy atom. The van der Waals surface area contributed by atoms with Gasteiger partial charge in [0.05, 0.1) is 0 Å². The Kier molecular flexibility index (Phi) is 3.01. The number of nitrogens with one attached hydrogen (secondary N) is 1. The van der Waals surface area contributed by atoms with E-state index in [1.807, 2.05) is 19.3 Å². The van der Waals surface area contributed by atoms with Gasteiger partial charge < -0.3 is 10.2 Å². The van der Waals surface area contributed by atoms with Crippen molar-refractivity contribution >= 4 is 22.9 Å².